The number of benzene rings is 1. The molecule has 0 saturated heterocycles. The second-order valence-corrected chi connectivity index (χ2v) is 7.72. The maximum absolute atomic E-state index is 10.9. The first-order valence-corrected chi connectivity index (χ1v) is 7.75. The molecule has 1 aromatic rings. The van der Waals surface area contributed by atoms with Crippen LogP contribution in [0.25, 0.3) is 0 Å². The van der Waals surface area contributed by atoms with E-state index in [-0.39, 0.29) is 11.2 Å². The van der Waals surface area contributed by atoms with E-state index < -0.39 is 9.05 Å². The van der Waals surface area contributed by atoms with Crippen molar-refractivity contribution in [2.45, 2.75) is 25.7 Å². The van der Waals surface area contributed by atoms with Crippen molar-refractivity contribution in [2.75, 3.05) is 5.75 Å². The van der Waals surface area contributed by atoms with E-state index >= 15 is 0 Å². The highest BCUT2D eigenvalue weighted by Gasteiger charge is 2.22. The van der Waals surface area contributed by atoms with Gasteiger partial charge in [0.2, 0.25) is 9.05 Å². The van der Waals surface area contributed by atoms with Crippen LogP contribution in [0.15, 0.2) is 24.3 Å². The highest BCUT2D eigenvalue weighted by Crippen LogP contribution is 2.28. The molecular weight excluding hydrogens is 267 g/mol. The molecule has 16 heavy (non-hydrogen) atoms. The molecule has 0 aliphatic rings. The smallest absolute Gasteiger partial charge is 0.212 e. The van der Waals surface area contributed by atoms with Crippen molar-refractivity contribution in [3.63, 3.8) is 0 Å². The van der Waals surface area contributed by atoms with Crippen LogP contribution in [0.4, 0.5) is 0 Å². The van der Waals surface area contributed by atoms with Crippen LogP contribution in [-0.4, -0.2) is 14.2 Å². The topological polar surface area (TPSA) is 34.1 Å². The Hall–Kier alpha value is -0.250. The van der Waals surface area contributed by atoms with Crippen molar-refractivity contribution < 1.29 is 8.42 Å². The number of hydrogen-bond donors (Lipinski definition) is 0. The van der Waals surface area contributed by atoms with Gasteiger partial charge in [0.05, 0.1) is 5.75 Å². The molecule has 0 amide bonds. The van der Waals surface area contributed by atoms with Gasteiger partial charge in [0, 0.05) is 15.7 Å². The van der Waals surface area contributed by atoms with Crippen LogP contribution in [0.3, 0.4) is 0 Å². The van der Waals surface area contributed by atoms with Gasteiger partial charge in [-0.05, 0) is 29.5 Å². The summed E-state index contributed by atoms with van der Waals surface area (Å²) >= 11 is 5.79. The first-order valence-electron chi connectivity index (χ1n) is 4.89. The third-order valence-corrected chi connectivity index (χ3v) is 4.00. The van der Waals surface area contributed by atoms with Crippen LogP contribution < -0.4 is 0 Å². The molecular formula is C11H14Cl2O2S. The zero-order valence-electron chi connectivity index (χ0n) is 9.20. The van der Waals surface area contributed by atoms with Gasteiger partial charge >= 0.3 is 0 Å². The molecule has 0 spiro atoms. The summed E-state index contributed by atoms with van der Waals surface area (Å²) in [6.07, 6.45) is 0.487. The van der Waals surface area contributed by atoms with E-state index in [0.717, 1.165) is 5.56 Å². The second-order valence-electron chi connectivity index (χ2n) is 4.38. The quantitative estimate of drug-likeness (QED) is 0.790. The first kappa shape index (κ1) is 13.8. The fraction of sp³-hybridized carbons (Fsp3) is 0.455. The maximum Gasteiger partial charge on any atom is 0.232 e. The molecule has 0 aliphatic heterocycles. The van der Waals surface area contributed by atoms with Gasteiger partial charge in [-0.25, -0.2) is 8.42 Å². The van der Waals surface area contributed by atoms with E-state index in [0.29, 0.717) is 11.4 Å². The van der Waals surface area contributed by atoms with E-state index in [1.807, 2.05) is 26.0 Å². The molecule has 0 unspecified atom stereocenters. The average Bonchev–Trinajstić information content (AvgIpc) is 2.15. The van der Waals surface area contributed by atoms with Crippen LogP contribution in [0.2, 0.25) is 5.02 Å². The Morgan fingerprint density at radius 2 is 1.69 bits per heavy atom. The van der Waals surface area contributed by atoms with Crippen LogP contribution in [0.1, 0.15) is 25.8 Å². The van der Waals surface area contributed by atoms with Gasteiger partial charge in [0.15, 0.2) is 0 Å². The van der Waals surface area contributed by atoms with Crippen molar-refractivity contribution >= 4 is 31.3 Å². The summed E-state index contributed by atoms with van der Waals surface area (Å²) in [5, 5.41) is 0.671. The first-order chi connectivity index (χ1) is 7.21. The van der Waals surface area contributed by atoms with Crippen LogP contribution >= 0.6 is 22.3 Å². The molecule has 0 atom stereocenters. The Balaban J connectivity index is 2.81. The highest BCUT2D eigenvalue weighted by molar-refractivity contribution is 8.13. The molecule has 2 nitrogen and oxygen atoms in total. The summed E-state index contributed by atoms with van der Waals surface area (Å²) in [5.74, 6) is -0.0236. The Bertz CT molecular complexity index is 449. The molecule has 0 aliphatic carbocycles. The molecule has 90 valence electrons. The minimum atomic E-state index is -3.43. The van der Waals surface area contributed by atoms with Crippen molar-refractivity contribution in [3.8, 4) is 0 Å². The lowest BCUT2D eigenvalue weighted by Gasteiger charge is -2.24. The summed E-state index contributed by atoms with van der Waals surface area (Å²) in [4.78, 5) is 0. The van der Waals surface area contributed by atoms with Crippen molar-refractivity contribution in [1.29, 1.82) is 0 Å². The standard InChI is InChI=1S/C11H14Cl2O2S/c1-11(2,7-8-16(13,14)15)9-3-5-10(12)6-4-9/h3-6H,7-8H2,1-2H3. The third-order valence-electron chi connectivity index (χ3n) is 2.60. The lowest BCUT2D eigenvalue weighted by molar-refractivity contribution is 0.502. The SMILES string of the molecule is CC(C)(CCS(=O)(=O)Cl)c1ccc(Cl)cc1. The minimum Gasteiger partial charge on any atom is -0.212 e. The predicted molar refractivity (Wildman–Crippen MR) is 68.7 cm³/mol. The normalized spacial score (nSPS) is 12.8. The summed E-state index contributed by atoms with van der Waals surface area (Å²) in [7, 11) is 1.78. The van der Waals surface area contributed by atoms with Gasteiger partial charge in [0.25, 0.3) is 0 Å². The van der Waals surface area contributed by atoms with E-state index in [9.17, 15) is 8.42 Å². The molecule has 0 N–H and O–H groups in total. The summed E-state index contributed by atoms with van der Waals surface area (Å²) in [6.45, 7) is 3.97. The molecule has 0 radical (unpaired) electrons. The summed E-state index contributed by atoms with van der Waals surface area (Å²) in [5.41, 5.74) is 0.823. The highest BCUT2D eigenvalue weighted by atomic mass is 35.7. The van der Waals surface area contributed by atoms with Crippen molar-refractivity contribution in [2.24, 2.45) is 0 Å². The van der Waals surface area contributed by atoms with Gasteiger partial charge in [-0.2, -0.15) is 0 Å². The van der Waals surface area contributed by atoms with Gasteiger partial charge in [-0.3, -0.25) is 0 Å². The molecule has 1 aromatic carbocycles. The van der Waals surface area contributed by atoms with Gasteiger partial charge in [-0.1, -0.05) is 37.6 Å². The van der Waals surface area contributed by atoms with Gasteiger partial charge in [0.1, 0.15) is 0 Å². The molecule has 0 heterocycles. The lowest BCUT2D eigenvalue weighted by atomic mass is 9.82. The average molecular weight is 281 g/mol. The number of halogens is 2. The van der Waals surface area contributed by atoms with Gasteiger partial charge < -0.3 is 0 Å². The summed E-state index contributed by atoms with van der Waals surface area (Å²) in [6, 6.07) is 7.41. The predicted octanol–water partition coefficient (Wildman–Crippen LogP) is 3.58. The Morgan fingerprint density at radius 1 is 1.19 bits per heavy atom. The van der Waals surface area contributed by atoms with Crippen LogP contribution in [0.5, 0.6) is 0 Å². The van der Waals surface area contributed by atoms with Crippen LogP contribution in [-0.2, 0) is 14.5 Å². The number of rotatable bonds is 4. The second kappa shape index (κ2) is 4.94. The monoisotopic (exact) mass is 280 g/mol. The van der Waals surface area contributed by atoms with Crippen molar-refractivity contribution in [1.82, 2.24) is 0 Å². The fourth-order valence-corrected chi connectivity index (χ4v) is 2.53. The van der Waals surface area contributed by atoms with E-state index in [4.69, 9.17) is 22.3 Å². The molecule has 0 saturated carbocycles. The van der Waals surface area contributed by atoms with Crippen LogP contribution in [0, 0.1) is 0 Å². The maximum atomic E-state index is 10.9. The zero-order chi connectivity index (χ0) is 12.4. The van der Waals surface area contributed by atoms with Crippen molar-refractivity contribution in [3.05, 3.63) is 34.9 Å². The molecule has 0 fully saturated rings. The Kier molecular flexibility index (Phi) is 4.27. The third kappa shape index (κ3) is 4.32. The molecule has 0 aromatic heterocycles. The Morgan fingerprint density at radius 3 is 2.12 bits per heavy atom. The minimum absolute atomic E-state index is 0.0236. The van der Waals surface area contributed by atoms with E-state index in [2.05, 4.69) is 0 Å². The molecule has 0 bridgehead atoms. The molecule has 5 heteroatoms. The largest absolute Gasteiger partial charge is 0.232 e. The fourth-order valence-electron chi connectivity index (χ4n) is 1.42. The zero-order valence-corrected chi connectivity index (χ0v) is 11.5. The number of hydrogen-bond acceptors (Lipinski definition) is 2. The van der Waals surface area contributed by atoms with E-state index in [1.54, 1.807) is 12.1 Å². The van der Waals surface area contributed by atoms with E-state index in [1.165, 1.54) is 0 Å². The summed E-state index contributed by atoms with van der Waals surface area (Å²) < 4.78 is 21.8. The molecule has 1 rings (SSSR count). The van der Waals surface area contributed by atoms with Gasteiger partial charge in [-0.15, -0.1) is 0 Å². The Labute approximate surface area is 106 Å². The lowest BCUT2D eigenvalue weighted by Crippen LogP contribution is -2.20.